The molecule has 0 fully saturated rings. The van der Waals surface area contributed by atoms with Crippen LogP contribution < -0.4 is 4.74 Å². The van der Waals surface area contributed by atoms with Gasteiger partial charge in [0.2, 0.25) is 0 Å². The highest BCUT2D eigenvalue weighted by molar-refractivity contribution is 5.49. The van der Waals surface area contributed by atoms with Gasteiger partial charge in [0.25, 0.3) is 0 Å². The van der Waals surface area contributed by atoms with Crippen LogP contribution in [-0.2, 0) is 6.42 Å². The Balaban J connectivity index is 2.26. The standard InChI is InChI=1S/C17H22O2/c1-12(2)6-5-8-17(4)9-7-14-15(18)10-13(3)11-16(14)19-17/h5-6,8,10-11,18H,7,9H2,1-4H3/b8-5+/t17-/m0/s1. The number of benzene rings is 1. The second kappa shape index (κ2) is 5.12. The first kappa shape index (κ1) is 13.7. The number of phenols is 1. The molecule has 0 saturated heterocycles. The third kappa shape index (κ3) is 3.19. The van der Waals surface area contributed by atoms with Crippen molar-refractivity contribution in [1.29, 1.82) is 0 Å². The van der Waals surface area contributed by atoms with E-state index in [4.69, 9.17) is 4.74 Å². The molecule has 2 rings (SSSR count). The number of hydrogen-bond donors (Lipinski definition) is 1. The van der Waals surface area contributed by atoms with Gasteiger partial charge in [-0.05, 0) is 64.3 Å². The molecule has 102 valence electrons. The quantitative estimate of drug-likeness (QED) is 0.801. The van der Waals surface area contributed by atoms with E-state index in [1.54, 1.807) is 6.07 Å². The van der Waals surface area contributed by atoms with Crippen LogP contribution >= 0.6 is 0 Å². The van der Waals surface area contributed by atoms with Crippen LogP contribution in [0, 0.1) is 6.92 Å². The topological polar surface area (TPSA) is 29.5 Å². The zero-order valence-electron chi connectivity index (χ0n) is 12.2. The summed E-state index contributed by atoms with van der Waals surface area (Å²) in [7, 11) is 0. The lowest BCUT2D eigenvalue weighted by molar-refractivity contribution is 0.113. The first-order chi connectivity index (χ1) is 8.89. The van der Waals surface area contributed by atoms with Crippen LogP contribution in [-0.4, -0.2) is 10.7 Å². The number of rotatable bonds is 2. The van der Waals surface area contributed by atoms with Crippen molar-refractivity contribution in [1.82, 2.24) is 0 Å². The van der Waals surface area contributed by atoms with Crippen LogP contribution in [0.25, 0.3) is 0 Å². The van der Waals surface area contributed by atoms with Gasteiger partial charge in [-0.2, -0.15) is 0 Å². The van der Waals surface area contributed by atoms with E-state index >= 15 is 0 Å². The summed E-state index contributed by atoms with van der Waals surface area (Å²) in [4.78, 5) is 0. The van der Waals surface area contributed by atoms with Crippen molar-refractivity contribution in [2.45, 2.75) is 46.1 Å². The number of hydrogen-bond acceptors (Lipinski definition) is 2. The first-order valence-electron chi connectivity index (χ1n) is 6.74. The highest BCUT2D eigenvalue weighted by Crippen LogP contribution is 2.39. The van der Waals surface area contributed by atoms with Gasteiger partial charge in [0.15, 0.2) is 0 Å². The molecule has 0 unspecified atom stereocenters. The Labute approximate surface area is 115 Å². The molecule has 1 N–H and O–H groups in total. The molecule has 2 nitrogen and oxygen atoms in total. The van der Waals surface area contributed by atoms with E-state index in [2.05, 4.69) is 39.0 Å². The van der Waals surface area contributed by atoms with E-state index < -0.39 is 0 Å². The molecule has 1 atom stereocenters. The molecule has 0 bridgehead atoms. The Hall–Kier alpha value is -1.70. The molecular formula is C17H22O2. The lowest BCUT2D eigenvalue weighted by atomic mass is 9.91. The summed E-state index contributed by atoms with van der Waals surface area (Å²) in [5.41, 5.74) is 2.93. The Morgan fingerprint density at radius 1 is 1.37 bits per heavy atom. The SMILES string of the molecule is CC(C)=C/C=C/[C@@]1(C)CCc2c(O)cc(C)cc2O1. The smallest absolute Gasteiger partial charge is 0.127 e. The predicted octanol–water partition coefficient (Wildman–Crippen LogP) is 4.31. The maximum Gasteiger partial charge on any atom is 0.127 e. The van der Waals surface area contributed by atoms with Crippen LogP contribution in [0.3, 0.4) is 0 Å². The summed E-state index contributed by atoms with van der Waals surface area (Å²) in [5, 5.41) is 9.95. The summed E-state index contributed by atoms with van der Waals surface area (Å²) in [5.74, 6) is 1.17. The summed E-state index contributed by atoms with van der Waals surface area (Å²) >= 11 is 0. The molecule has 1 aliphatic heterocycles. The van der Waals surface area contributed by atoms with Crippen molar-refractivity contribution in [2.75, 3.05) is 0 Å². The number of aryl methyl sites for hydroxylation is 1. The monoisotopic (exact) mass is 258 g/mol. The first-order valence-corrected chi connectivity index (χ1v) is 6.74. The molecule has 19 heavy (non-hydrogen) atoms. The molecule has 0 aliphatic carbocycles. The minimum absolute atomic E-state index is 0.292. The highest BCUT2D eigenvalue weighted by atomic mass is 16.5. The largest absolute Gasteiger partial charge is 0.508 e. The van der Waals surface area contributed by atoms with Crippen molar-refractivity contribution in [3.05, 3.63) is 47.1 Å². The Kier molecular flexibility index (Phi) is 3.70. The van der Waals surface area contributed by atoms with Crippen molar-refractivity contribution >= 4 is 0 Å². The van der Waals surface area contributed by atoms with E-state index in [-0.39, 0.29) is 5.60 Å². The minimum atomic E-state index is -0.292. The van der Waals surface area contributed by atoms with Crippen LogP contribution in [0.2, 0.25) is 0 Å². The van der Waals surface area contributed by atoms with Crippen LogP contribution in [0.5, 0.6) is 11.5 Å². The van der Waals surface area contributed by atoms with Gasteiger partial charge in [-0.3, -0.25) is 0 Å². The predicted molar refractivity (Wildman–Crippen MR) is 78.8 cm³/mol. The lowest BCUT2D eigenvalue weighted by Gasteiger charge is -2.34. The van der Waals surface area contributed by atoms with E-state index in [1.165, 1.54) is 5.57 Å². The second-order valence-electron chi connectivity index (χ2n) is 5.78. The van der Waals surface area contributed by atoms with Gasteiger partial charge < -0.3 is 9.84 Å². The fourth-order valence-corrected chi connectivity index (χ4v) is 2.34. The maximum absolute atomic E-state index is 9.95. The average Bonchev–Trinajstić information content (AvgIpc) is 2.26. The van der Waals surface area contributed by atoms with E-state index in [9.17, 15) is 5.11 Å². The van der Waals surface area contributed by atoms with Crippen molar-refractivity contribution < 1.29 is 9.84 Å². The molecular weight excluding hydrogens is 236 g/mol. The zero-order chi connectivity index (χ0) is 14.0. The number of fused-ring (bicyclic) bond motifs is 1. The molecule has 1 aromatic carbocycles. The molecule has 0 saturated carbocycles. The van der Waals surface area contributed by atoms with Gasteiger partial charge in [0, 0.05) is 5.56 Å². The lowest BCUT2D eigenvalue weighted by Crippen LogP contribution is -2.34. The molecule has 0 spiro atoms. The summed E-state index contributed by atoms with van der Waals surface area (Å²) in [6, 6.07) is 3.80. The van der Waals surface area contributed by atoms with Gasteiger partial charge in [-0.1, -0.05) is 17.7 Å². The number of aromatic hydroxyl groups is 1. The molecule has 0 amide bonds. The molecule has 1 aromatic rings. The molecule has 2 heteroatoms. The normalized spacial score (nSPS) is 21.9. The Morgan fingerprint density at radius 3 is 2.79 bits per heavy atom. The fourth-order valence-electron chi connectivity index (χ4n) is 2.34. The second-order valence-corrected chi connectivity index (χ2v) is 5.78. The average molecular weight is 258 g/mol. The minimum Gasteiger partial charge on any atom is -0.508 e. The third-order valence-electron chi connectivity index (χ3n) is 3.42. The fraction of sp³-hybridized carbons (Fsp3) is 0.412. The van der Waals surface area contributed by atoms with Crippen LogP contribution in [0.15, 0.2) is 35.9 Å². The number of phenolic OH excluding ortho intramolecular Hbond substituents is 1. The molecule has 1 aliphatic rings. The Morgan fingerprint density at radius 2 is 2.11 bits per heavy atom. The highest BCUT2D eigenvalue weighted by Gasteiger charge is 2.30. The van der Waals surface area contributed by atoms with Crippen molar-refractivity contribution in [3.8, 4) is 11.5 Å². The van der Waals surface area contributed by atoms with E-state index in [0.29, 0.717) is 5.75 Å². The summed E-state index contributed by atoms with van der Waals surface area (Å²) < 4.78 is 6.09. The third-order valence-corrected chi connectivity index (χ3v) is 3.42. The molecule has 0 aromatic heterocycles. The van der Waals surface area contributed by atoms with Crippen molar-refractivity contribution in [3.63, 3.8) is 0 Å². The molecule has 1 heterocycles. The Bertz CT molecular complexity index is 536. The summed E-state index contributed by atoms with van der Waals surface area (Å²) in [6.45, 7) is 8.20. The van der Waals surface area contributed by atoms with E-state index in [1.807, 2.05) is 13.0 Å². The van der Waals surface area contributed by atoms with Gasteiger partial charge in [0.05, 0.1) is 0 Å². The van der Waals surface area contributed by atoms with Gasteiger partial charge in [0.1, 0.15) is 17.1 Å². The number of ether oxygens (including phenoxy) is 1. The molecule has 0 radical (unpaired) electrons. The maximum atomic E-state index is 9.95. The van der Waals surface area contributed by atoms with Crippen molar-refractivity contribution in [2.24, 2.45) is 0 Å². The van der Waals surface area contributed by atoms with Gasteiger partial charge >= 0.3 is 0 Å². The van der Waals surface area contributed by atoms with Crippen LogP contribution in [0.1, 0.15) is 38.3 Å². The number of allylic oxidation sites excluding steroid dienone is 3. The van der Waals surface area contributed by atoms with Gasteiger partial charge in [-0.25, -0.2) is 0 Å². The van der Waals surface area contributed by atoms with Gasteiger partial charge in [-0.15, -0.1) is 0 Å². The van der Waals surface area contributed by atoms with Crippen LogP contribution in [0.4, 0.5) is 0 Å². The summed E-state index contributed by atoms with van der Waals surface area (Å²) in [6.07, 6.45) is 7.96. The zero-order valence-corrected chi connectivity index (χ0v) is 12.2. The van der Waals surface area contributed by atoms with E-state index in [0.717, 1.165) is 29.7 Å².